The predicted octanol–water partition coefficient (Wildman–Crippen LogP) is 3.45. The zero-order valence-corrected chi connectivity index (χ0v) is 18.3. The van der Waals surface area contributed by atoms with E-state index in [-0.39, 0.29) is 5.43 Å². The highest BCUT2D eigenvalue weighted by Crippen LogP contribution is 2.25. The lowest BCUT2D eigenvalue weighted by Gasteiger charge is -2.14. The molecule has 0 bridgehead atoms. The van der Waals surface area contributed by atoms with Crippen LogP contribution in [0.1, 0.15) is 26.7 Å². The number of aromatic nitrogens is 1. The number of nitrogens with one attached hydrogen (secondary N) is 2. The minimum Gasteiger partial charge on any atom is -0.492 e. The maximum atomic E-state index is 13.0. The molecule has 0 saturated heterocycles. The Labute approximate surface area is 178 Å². The first kappa shape index (κ1) is 22.1. The molecular weight excluding hydrogens is 378 g/mol. The number of fused-ring (bicyclic) bond motifs is 2. The number of nitrogens with zero attached hydrogens (tertiary/aromatic N) is 1. The fourth-order valence-corrected chi connectivity index (χ4v) is 3.50. The summed E-state index contributed by atoms with van der Waals surface area (Å²) in [5, 5.41) is 8.03. The quantitative estimate of drug-likeness (QED) is 0.353. The number of rotatable bonds is 12. The topological polar surface area (TPSA) is 64.5 Å². The molecule has 0 radical (unpaired) electrons. The molecule has 0 aliphatic carbocycles. The minimum absolute atomic E-state index is 0.0328. The van der Waals surface area contributed by atoms with Gasteiger partial charge in [-0.2, -0.15) is 0 Å². The van der Waals surface area contributed by atoms with Crippen LogP contribution in [0.5, 0.6) is 11.5 Å². The van der Waals surface area contributed by atoms with Crippen LogP contribution in [0.4, 0.5) is 0 Å². The van der Waals surface area contributed by atoms with Crippen molar-refractivity contribution in [3.05, 3.63) is 46.6 Å². The Morgan fingerprint density at radius 3 is 1.67 bits per heavy atom. The van der Waals surface area contributed by atoms with Gasteiger partial charge in [-0.3, -0.25) is 4.79 Å². The van der Waals surface area contributed by atoms with Gasteiger partial charge in [0, 0.05) is 43.0 Å². The van der Waals surface area contributed by atoms with E-state index in [0.717, 1.165) is 61.6 Å². The Morgan fingerprint density at radius 2 is 1.23 bits per heavy atom. The maximum Gasteiger partial charge on any atom is 0.197 e. The number of aryl methyl sites for hydroxylation is 1. The highest BCUT2D eigenvalue weighted by atomic mass is 16.5. The third kappa shape index (κ3) is 5.32. The van der Waals surface area contributed by atoms with Crippen molar-refractivity contribution in [3.63, 3.8) is 0 Å². The number of hydrogen-bond acceptors (Lipinski definition) is 5. The molecule has 0 amide bonds. The molecule has 0 saturated carbocycles. The average Bonchev–Trinajstić information content (AvgIpc) is 2.77. The number of benzene rings is 2. The van der Waals surface area contributed by atoms with E-state index in [1.807, 2.05) is 48.0 Å². The second kappa shape index (κ2) is 11.0. The molecule has 0 fully saturated rings. The number of pyridine rings is 1. The Bertz CT molecular complexity index is 952. The average molecular weight is 412 g/mol. The van der Waals surface area contributed by atoms with Gasteiger partial charge in [-0.1, -0.05) is 13.8 Å². The smallest absolute Gasteiger partial charge is 0.197 e. The first-order valence-corrected chi connectivity index (χ1v) is 10.9. The van der Waals surface area contributed by atoms with Crippen LogP contribution in [-0.2, 0) is 7.05 Å². The molecule has 3 aromatic rings. The summed E-state index contributed by atoms with van der Waals surface area (Å²) in [6.45, 7) is 9.05. The van der Waals surface area contributed by atoms with Crippen molar-refractivity contribution in [1.82, 2.24) is 15.2 Å². The van der Waals surface area contributed by atoms with Crippen LogP contribution in [0.15, 0.2) is 41.2 Å². The summed E-state index contributed by atoms with van der Waals surface area (Å²) >= 11 is 0. The van der Waals surface area contributed by atoms with Crippen molar-refractivity contribution in [1.29, 1.82) is 0 Å². The van der Waals surface area contributed by atoms with Gasteiger partial charge in [0.15, 0.2) is 5.43 Å². The molecule has 162 valence electrons. The molecule has 1 heterocycles. The summed E-state index contributed by atoms with van der Waals surface area (Å²) in [5.74, 6) is 1.54. The van der Waals surface area contributed by atoms with Crippen LogP contribution in [0.25, 0.3) is 21.8 Å². The van der Waals surface area contributed by atoms with Crippen molar-refractivity contribution >= 4 is 21.8 Å². The lowest BCUT2D eigenvalue weighted by molar-refractivity contribution is 0.314. The van der Waals surface area contributed by atoms with Gasteiger partial charge in [-0.15, -0.1) is 0 Å². The van der Waals surface area contributed by atoms with Gasteiger partial charge in [0.05, 0.1) is 11.0 Å². The summed E-state index contributed by atoms with van der Waals surface area (Å²) in [4.78, 5) is 13.0. The molecule has 6 heteroatoms. The summed E-state index contributed by atoms with van der Waals surface area (Å²) in [6, 6.07) is 11.3. The van der Waals surface area contributed by atoms with Crippen LogP contribution in [-0.4, -0.2) is 44.0 Å². The molecule has 2 N–H and O–H groups in total. The summed E-state index contributed by atoms with van der Waals surface area (Å²) < 4.78 is 13.8. The predicted molar refractivity (Wildman–Crippen MR) is 124 cm³/mol. The largest absolute Gasteiger partial charge is 0.492 e. The van der Waals surface area contributed by atoms with E-state index in [2.05, 4.69) is 24.5 Å². The fraction of sp³-hybridized carbons (Fsp3) is 0.458. The van der Waals surface area contributed by atoms with Crippen LogP contribution < -0.4 is 25.5 Å². The summed E-state index contributed by atoms with van der Waals surface area (Å²) in [7, 11) is 1.98. The zero-order chi connectivity index (χ0) is 21.3. The van der Waals surface area contributed by atoms with Crippen LogP contribution in [0.2, 0.25) is 0 Å². The molecule has 0 unspecified atom stereocenters. The van der Waals surface area contributed by atoms with Crippen molar-refractivity contribution in [2.45, 2.75) is 26.7 Å². The van der Waals surface area contributed by atoms with Crippen LogP contribution in [0, 0.1) is 0 Å². The lowest BCUT2D eigenvalue weighted by Crippen LogP contribution is -2.21. The van der Waals surface area contributed by atoms with Gasteiger partial charge < -0.3 is 24.7 Å². The van der Waals surface area contributed by atoms with Crippen molar-refractivity contribution in [2.75, 3.05) is 39.4 Å². The Kier molecular flexibility index (Phi) is 8.11. The molecular formula is C24H33N3O3. The van der Waals surface area contributed by atoms with E-state index in [1.54, 1.807) is 0 Å². The number of ether oxygens (including phenoxy) is 2. The Hall–Kier alpha value is -2.57. The van der Waals surface area contributed by atoms with E-state index in [4.69, 9.17) is 9.47 Å². The second-order valence-electron chi connectivity index (χ2n) is 7.44. The normalized spacial score (nSPS) is 11.3. The molecule has 3 rings (SSSR count). The highest BCUT2D eigenvalue weighted by Gasteiger charge is 2.11. The molecule has 0 aliphatic rings. The van der Waals surface area contributed by atoms with Gasteiger partial charge in [0.25, 0.3) is 0 Å². The van der Waals surface area contributed by atoms with Crippen molar-refractivity contribution in [3.8, 4) is 11.5 Å². The summed E-state index contributed by atoms with van der Waals surface area (Å²) in [6.07, 6.45) is 2.21. The highest BCUT2D eigenvalue weighted by molar-refractivity contribution is 5.94. The van der Waals surface area contributed by atoms with E-state index in [1.165, 1.54) is 0 Å². The Balaban J connectivity index is 1.82. The molecule has 30 heavy (non-hydrogen) atoms. The first-order chi connectivity index (χ1) is 14.7. The van der Waals surface area contributed by atoms with Gasteiger partial charge in [0.1, 0.15) is 24.7 Å². The third-order valence-corrected chi connectivity index (χ3v) is 5.10. The van der Waals surface area contributed by atoms with Gasteiger partial charge in [0.2, 0.25) is 0 Å². The van der Waals surface area contributed by atoms with Crippen LogP contribution >= 0.6 is 0 Å². The fourth-order valence-electron chi connectivity index (χ4n) is 3.50. The van der Waals surface area contributed by atoms with Gasteiger partial charge in [-0.25, -0.2) is 0 Å². The molecule has 0 atom stereocenters. The monoisotopic (exact) mass is 411 g/mol. The van der Waals surface area contributed by atoms with E-state index in [9.17, 15) is 4.79 Å². The van der Waals surface area contributed by atoms with E-state index >= 15 is 0 Å². The minimum atomic E-state index is 0.0328. The molecule has 0 aliphatic heterocycles. The van der Waals surface area contributed by atoms with E-state index < -0.39 is 0 Å². The first-order valence-electron chi connectivity index (χ1n) is 10.9. The van der Waals surface area contributed by atoms with Gasteiger partial charge >= 0.3 is 0 Å². The standard InChI is InChI=1S/C24H33N3O3/c1-4-10-25-12-14-29-18-6-8-20-22(16-18)27(3)23-17-19(7-9-21(23)24(20)28)30-15-13-26-11-5-2/h6-9,16-17,25-26H,4-5,10-15H2,1-3H3. The number of hydrogen-bond donors (Lipinski definition) is 2. The molecule has 1 aromatic heterocycles. The SMILES string of the molecule is CCCNCCOc1ccc2c(=O)c3ccc(OCCNCCC)cc3n(C)c2c1. The molecule has 6 nitrogen and oxygen atoms in total. The lowest BCUT2D eigenvalue weighted by atomic mass is 10.1. The maximum absolute atomic E-state index is 13.0. The van der Waals surface area contributed by atoms with Gasteiger partial charge in [-0.05, 0) is 50.2 Å². The van der Waals surface area contributed by atoms with Crippen LogP contribution in [0.3, 0.4) is 0 Å². The van der Waals surface area contributed by atoms with Crippen molar-refractivity contribution < 1.29 is 9.47 Å². The van der Waals surface area contributed by atoms with Crippen molar-refractivity contribution in [2.24, 2.45) is 7.05 Å². The van der Waals surface area contributed by atoms with E-state index in [0.29, 0.717) is 24.0 Å². The zero-order valence-electron chi connectivity index (χ0n) is 18.3. The summed E-state index contributed by atoms with van der Waals surface area (Å²) in [5.41, 5.74) is 1.74. The Morgan fingerprint density at radius 1 is 0.767 bits per heavy atom. The second-order valence-corrected chi connectivity index (χ2v) is 7.44. The molecule has 2 aromatic carbocycles. The molecule has 0 spiro atoms. The third-order valence-electron chi connectivity index (χ3n) is 5.10.